The van der Waals surface area contributed by atoms with E-state index >= 15 is 0 Å². The number of alkyl halides is 1. The second-order valence-corrected chi connectivity index (χ2v) is 8.90. The lowest BCUT2D eigenvalue weighted by molar-refractivity contribution is -0.127. The van der Waals surface area contributed by atoms with Gasteiger partial charge >= 0.3 is 0 Å². The topological polar surface area (TPSA) is 84.0 Å². The number of carbonyl (C=O) groups excluding carboxylic acids is 2. The predicted molar refractivity (Wildman–Crippen MR) is 125 cm³/mol. The molecule has 31 heavy (non-hydrogen) atoms. The van der Waals surface area contributed by atoms with Crippen LogP contribution in [-0.4, -0.2) is 28.1 Å². The zero-order valence-corrected chi connectivity index (χ0v) is 19.3. The van der Waals surface area contributed by atoms with Gasteiger partial charge in [-0.15, -0.1) is 21.8 Å². The largest absolute Gasteiger partial charge is 0.342 e. The number of carbonyl (C=O) groups is 2. The van der Waals surface area contributed by atoms with Crippen molar-refractivity contribution >= 4 is 51.5 Å². The van der Waals surface area contributed by atoms with Crippen LogP contribution in [0.2, 0.25) is 5.02 Å². The fraction of sp³-hybridized carbons (Fsp3) is 0.273. The van der Waals surface area contributed by atoms with Crippen LogP contribution in [0.1, 0.15) is 31.2 Å². The third-order valence-electron chi connectivity index (χ3n) is 4.86. The molecule has 2 amide bonds. The molecule has 2 N–H and O–H groups in total. The number of aromatic nitrogens is 2. The number of amides is 2. The Morgan fingerprint density at radius 3 is 2.35 bits per heavy atom. The fourth-order valence-electron chi connectivity index (χ4n) is 2.87. The van der Waals surface area contributed by atoms with Crippen LogP contribution in [0.15, 0.2) is 54.6 Å². The van der Waals surface area contributed by atoms with Crippen LogP contribution in [0.4, 0.5) is 5.13 Å². The molecule has 0 aliphatic carbocycles. The Morgan fingerprint density at radius 2 is 1.71 bits per heavy atom. The van der Waals surface area contributed by atoms with Crippen LogP contribution < -0.4 is 10.6 Å². The van der Waals surface area contributed by atoms with Gasteiger partial charge in [-0.2, -0.15) is 0 Å². The van der Waals surface area contributed by atoms with Crippen molar-refractivity contribution in [1.29, 1.82) is 0 Å². The van der Waals surface area contributed by atoms with E-state index in [1.54, 1.807) is 24.3 Å². The lowest BCUT2D eigenvalue weighted by atomic mass is 9.98. The number of nitrogens with one attached hydrogen (secondary N) is 2. The highest BCUT2D eigenvalue weighted by Gasteiger charge is 2.29. The number of rotatable bonds is 8. The van der Waals surface area contributed by atoms with E-state index in [1.165, 1.54) is 11.3 Å². The van der Waals surface area contributed by atoms with Crippen molar-refractivity contribution in [2.75, 3.05) is 5.32 Å². The first kappa shape index (κ1) is 23.2. The van der Waals surface area contributed by atoms with Gasteiger partial charge in [0.1, 0.15) is 16.4 Å². The maximum atomic E-state index is 13.0. The predicted octanol–water partition coefficient (Wildman–Crippen LogP) is 5.31. The highest BCUT2D eigenvalue weighted by atomic mass is 35.5. The second kappa shape index (κ2) is 10.7. The molecule has 0 radical (unpaired) electrons. The lowest BCUT2D eigenvalue weighted by Gasteiger charge is -2.24. The molecule has 3 rings (SSSR count). The lowest BCUT2D eigenvalue weighted by Crippen LogP contribution is -2.48. The minimum atomic E-state index is -0.890. The van der Waals surface area contributed by atoms with E-state index in [1.807, 2.05) is 44.2 Å². The van der Waals surface area contributed by atoms with Gasteiger partial charge in [0.05, 0.1) is 0 Å². The molecule has 1 aromatic heterocycles. The molecule has 0 aliphatic rings. The van der Waals surface area contributed by atoms with E-state index in [-0.39, 0.29) is 11.8 Å². The third-order valence-corrected chi connectivity index (χ3v) is 6.45. The number of nitrogens with zero attached hydrogens (tertiary/aromatic N) is 2. The molecule has 0 saturated carbocycles. The first-order valence-corrected chi connectivity index (χ1v) is 11.4. The van der Waals surface area contributed by atoms with Crippen LogP contribution in [0.25, 0.3) is 10.6 Å². The Kier molecular flexibility index (Phi) is 8.01. The van der Waals surface area contributed by atoms with E-state index < -0.39 is 17.3 Å². The maximum absolute atomic E-state index is 13.0. The Morgan fingerprint density at radius 1 is 1.03 bits per heavy atom. The summed E-state index contributed by atoms with van der Waals surface area (Å²) < 4.78 is 0. The quantitative estimate of drug-likeness (QED) is 0.431. The van der Waals surface area contributed by atoms with Crippen LogP contribution >= 0.6 is 34.5 Å². The summed E-state index contributed by atoms with van der Waals surface area (Å²) in [5.74, 6) is -0.891. The van der Waals surface area contributed by atoms with Gasteiger partial charge in [0.2, 0.25) is 16.9 Å². The van der Waals surface area contributed by atoms with Gasteiger partial charge in [0.25, 0.3) is 0 Å². The Balaban J connectivity index is 1.70. The van der Waals surface area contributed by atoms with Gasteiger partial charge in [0, 0.05) is 10.6 Å². The summed E-state index contributed by atoms with van der Waals surface area (Å²) in [4.78, 5) is 25.6. The van der Waals surface area contributed by atoms with Crippen LogP contribution in [0, 0.1) is 5.92 Å². The van der Waals surface area contributed by atoms with Crippen molar-refractivity contribution in [3.63, 3.8) is 0 Å². The normalized spacial score (nSPS) is 13.8. The van der Waals surface area contributed by atoms with Gasteiger partial charge in [0.15, 0.2) is 0 Å². The fourth-order valence-corrected chi connectivity index (χ4v) is 3.95. The Hall–Kier alpha value is -2.48. The van der Waals surface area contributed by atoms with Crippen LogP contribution in [0.3, 0.4) is 0 Å². The summed E-state index contributed by atoms with van der Waals surface area (Å²) in [6.07, 6.45) is 0.697. The molecule has 3 atom stereocenters. The molecule has 2 aromatic carbocycles. The van der Waals surface area contributed by atoms with Gasteiger partial charge in [-0.05, 0) is 23.6 Å². The zero-order valence-electron chi connectivity index (χ0n) is 17.0. The van der Waals surface area contributed by atoms with Crippen molar-refractivity contribution in [1.82, 2.24) is 15.5 Å². The molecule has 0 fully saturated rings. The van der Waals surface area contributed by atoms with Crippen LogP contribution in [-0.2, 0) is 9.59 Å². The monoisotopic (exact) mass is 476 g/mol. The van der Waals surface area contributed by atoms with Gasteiger partial charge in [-0.1, -0.05) is 85.7 Å². The molecule has 0 spiro atoms. The van der Waals surface area contributed by atoms with Crippen LogP contribution in [0.5, 0.6) is 0 Å². The maximum Gasteiger partial charge on any atom is 0.249 e. The molecule has 0 saturated heterocycles. The van der Waals surface area contributed by atoms with Gasteiger partial charge in [-0.3, -0.25) is 14.9 Å². The molecule has 1 heterocycles. The van der Waals surface area contributed by atoms with Gasteiger partial charge in [-0.25, -0.2) is 0 Å². The smallest absolute Gasteiger partial charge is 0.249 e. The molecule has 6 nitrogen and oxygen atoms in total. The minimum absolute atomic E-state index is 0.104. The Labute approximate surface area is 195 Å². The second-order valence-electron chi connectivity index (χ2n) is 7.05. The van der Waals surface area contributed by atoms with Crippen molar-refractivity contribution in [2.45, 2.75) is 31.7 Å². The number of anilines is 1. The summed E-state index contributed by atoms with van der Waals surface area (Å²) in [7, 11) is 0. The third kappa shape index (κ3) is 6.03. The number of halogens is 2. The highest BCUT2D eigenvalue weighted by molar-refractivity contribution is 7.18. The van der Waals surface area contributed by atoms with E-state index in [9.17, 15) is 9.59 Å². The average molecular weight is 477 g/mol. The molecule has 0 aliphatic heterocycles. The molecule has 3 aromatic rings. The van der Waals surface area contributed by atoms with Crippen molar-refractivity contribution in [2.24, 2.45) is 5.92 Å². The SMILES string of the molecule is CCC(C)C(NC(=O)C(Cl)c1ccccc1)C(=O)Nc1nnc(-c2ccc(Cl)cc2)s1. The van der Waals surface area contributed by atoms with Crippen molar-refractivity contribution in [3.8, 4) is 10.6 Å². The van der Waals surface area contributed by atoms with Crippen molar-refractivity contribution in [3.05, 3.63) is 65.2 Å². The standard InChI is InChI=1S/C22H22Cl2N4O2S/c1-3-13(2)18(25-19(29)17(24)14-7-5-4-6-8-14)20(30)26-22-28-27-21(31-22)15-9-11-16(23)12-10-15/h4-13,17-18H,3H2,1-2H3,(H,25,29)(H,26,28,30). The summed E-state index contributed by atoms with van der Waals surface area (Å²) >= 11 is 13.5. The summed E-state index contributed by atoms with van der Waals surface area (Å²) in [5.41, 5.74) is 1.52. The summed E-state index contributed by atoms with van der Waals surface area (Å²) in [5, 5.41) is 14.5. The molecule has 0 bridgehead atoms. The molecular formula is C22H22Cl2N4O2S. The first-order valence-electron chi connectivity index (χ1n) is 9.78. The van der Waals surface area contributed by atoms with E-state index in [0.29, 0.717) is 27.1 Å². The average Bonchev–Trinajstić information content (AvgIpc) is 3.25. The highest BCUT2D eigenvalue weighted by Crippen LogP contribution is 2.28. The number of hydrogen-bond donors (Lipinski definition) is 2. The Bertz CT molecular complexity index is 1030. The summed E-state index contributed by atoms with van der Waals surface area (Å²) in [6, 6.07) is 15.5. The molecular weight excluding hydrogens is 455 g/mol. The molecule has 9 heteroatoms. The first-order chi connectivity index (χ1) is 14.9. The minimum Gasteiger partial charge on any atom is -0.342 e. The molecule has 162 valence electrons. The zero-order chi connectivity index (χ0) is 22.4. The van der Waals surface area contributed by atoms with Crippen molar-refractivity contribution < 1.29 is 9.59 Å². The van der Waals surface area contributed by atoms with E-state index in [0.717, 1.165) is 5.56 Å². The number of benzene rings is 2. The number of hydrogen-bond acceptors (Lipinski definition) is 5. The summed E-state index contributed by atoms with van der Waals surface area (Å²) in [6.45, 7) is 3.85. The van der Waals surface area contributed by atoms with E-state index in [4.69, 9.17) is 23.2 Å². The van der Waals surface area contributed by atoms with E-state index in [2.05, 4.69) is 20.8 Å². The molecule has 3 unspecified atom stereocenters. The van der Waals surface area contributed by atoms with Gasteiger partial charge < -0.3 is 5.32 Å².